The van der Waals surface area contributed by atoms with Gasteiger partial charge in [-0.1, -0.05) is 19.3 Å². The second kappa shape index (κ2) is 5.80. The molecule has 0 amide bonds. The maximum atomic E-state index is 10.5. The van der Waals surface area contributed by atoms with Crippen molar-refractivity contribution in [2.45, 2.75) is 51.5 Å². The molecule has 1 fully saturated rings. The predicted molar refractivity (Wildman–Crippen MR) is 62.6 cm³/mol. The third-order valence-electron chi connectivity index (χ3n) is 3.41. The normalized spacial score (nSPS) is 17.2. The molecule has 0 atom stereocenters. The van der Waals surface area contributed by atoms with Crippen LogP contribution in [-0.2, 0) is 17.8 Å². The van der Waals surface area contributed by atoms with Gasteiger partial charge in [0.05, 0.1) is 6.42 Å². The monoisotopic (exact) mass is 237 g/mol. The van der Waals surface area contributed by atoms with Gasteiger partial charge in [-0.3, -0.25) is 4.79 Å². The van der Waals surface area contributed by atoms with Gasteiger partial charge in [0, 0.05) is 13.0 Å². The lowest BCUT2D eigenvalue weighted by Crippen LogP contribution is -2.17. The summed E-state index contributed by atoms with van der Waals surface area (Å²) in [5.41, 5.74) is 0. The second-order valence-electron chi connectivity index (χ2n) is 4.76. The Bertz CT molecular complexity index is 370. The highest BCUT2D eigenvalue weighted by Crippen LogP contribution is 2.25. The van der Waals surface area contributed by atoms with Gasteiger partial charge in [0.1, 0.15) is 12.2 Å². The number of rotatable bonds is 5. The molecule has 1 aliphatic rings. The van der Waals surface area contributed by atoms with Crippen molar-refractivity contribution in [3.8, 4) is 0 Å². The first kappa shape index (κ1) is 12.1. The van der Waals surface area contributed by atoms with Gasteiger partial charge in [-0.2, -0.15) is 5.10 Å². The molecule has 0 spiro atoms. The van der Waals surface area contributed by atoms with Gasteiger partial charge in [0.15, 0.2) is 0 Å². The molecule has 0 radical (unpaired) electrons. The summed E-state index contributed by atoms with van der Waals surface area (Å²) in [4.78, 5) is 14.7. The molecule has 0 bridgehead atoms. The summed E-state index contributed by atoms with van der Waals surface area (Å²) in [6, 6.07) is 0. The van der Waals surface area contributed by atoms with Crippen LogP contribution in [0.15, 0.2) is 6.33 Å². The summed E-state index contributed by atoms with van der Waals surface area (Å²) in [6.07, 6.45) is 8.62. The third kappa shape index (κ3) is 3.54. The number of carbonyl (C=O) groups is 1. The molecule has 1 saturated carbocycles. The van der Waals surface area contributed by atoms with E-state index in [2.05, 4.69) is 10.1 Å². The molecule has 0 aromatic carbocycles. The average Bonchev–Trinajstić information content (AvgIpc) is 2.75. The van der Waals surface area contributed by atoms with E-state index in [-0.39, 0.29) is 6.42 Å². The molecule has 1 aromatic rings. The highest BCUT2D eigenvalue weighted by atomic mass is 16.4. The summed E-state index contributed by atoms with van der Waals surface area (Å²) in [7, 11) is 0. The van der Waals surface area contributed by atoms with Crippen LogP contribution in [0.5, 0.6) is 0 Å². The molecule has 0 saturated heterocycles. The van der Waals surface area contributed by atoms with E-state index in [0.717, 1.165) is 12.4 Å². The molecule has 0 aliphatic heterocycles. The van der Waals surface area contributed by atoms with Crippen molar-refractivity contribution in [2.24, 2.45) is 5.92 Å². The molecule has 1 aliphatic carbocycles. The van der Waals surface area contributed by atoms with E-state index >= 15 is 0 Å². The quantitative estimate of drug-likeness (QED) is 0.849. The highest BCUT2D eigenvalue weighted by molar-refractivity contribution is 5.66. The van der Waals surface area contributed by atoms with Gasteiger partial charge in [0.25, 0.3) is 0 Å². The Labute approximate surface area is 101 Å². The first-order valence-corrected chi connectivity index (χ1v) is 6.34. The molecule has 2 rings (SSSR count). The van der Waals surface area contributed by atoms with Crippen molar-refractivity contribution in [2.75, 3.05) is 0 Å². The number of carboxylic acid groups (broad SMARTS) is 1. The van der Waals surface area contributed by atoms with Gasteiger partial charge in [-0.25, -0.2) is 9.67 Å². The van der Waals surface area contributed by atoms with Crippen LogP contribution in [0.2, 0.25) is 0 Å². The van der Waals surface area contributed by atoms with Gasteiger partial charge in [0.2, 0.25) is 0 Å². The summed E-state index contributed by atoms with van der Waals surface area (Å²) in [5.74, 6) is 0.712. The van der Waals surface area contributed by atoms with Crippen molar-refractivity contribution in [1.82, 2.24) is 14.8 Å². The topological polar surface area (TPSA) is 68.0 Å². The number of carboxylic acids is 1. The Morgan fingerprint density at radius 1 is 1.41 bits per heavy atom. The van der Waals surface area contributed by atoms with Gasteiger partial charge in [-0.15, -0.1) is 0 Å². The van der Waals surface area contributed by atoms with Crippen molar-refractivity contribution in [3.05, 3.63) is 12.2 Å². The SMILES string of the molecule is O=C(O)CCc1ncnn1CC1CCCCC1. The van der Waals surface area contributed by atoms with Crippen molar-refractivity contribution in [1.29, 1.82) is 0 Å². The van der Waals surface area contributed by atoms with Crippen LogP contribution in [0.25, 0.3) is 0 Å². The Hall–Kier alpha value is -1.39. The number of aliphatic carboxylic acids is 1. The number of hydrogen-bond acceptors (Lipinski definition) is 3. The highest BCUT2D eigenvalue weighted by Gasteiger charge is 2.16. The molecule has 1 aromatic heterocycles. The minimum absolute atomic E-state index is 0.128. The van der Waals surface area contributed by atoms with Crippen LogP contribution >= 0.6 is 0 Å². The Balaban J connectivity index is 1.91. The fraction of sp³-hybridized carbons (Fsp3) is 0.750. The zero-order valence-electron chi connectivity index (χ0n) is 10.0. The molecule has 94 valence electrons. The van der Waals surface area contributed by atoms with Gasteiger partial charge >= 0.3 is 5.97 Å². The van der Waals surface area contributed by atoms with Gasteiger partial charge in [-0.05, 0) is 18.8 Å². The van der Waals surface area contributed by atoms with Crippen LogP contribution < -0.4 is 0 Å². The molecule has 5 heteroatoms. The zero-order valence-corrected chi connectivity index (χ0v) is 10.0. The van der Waals surface area contributed by atoms with E-state index < -0.39 is 5.97 Å². The fourth-order valence-electron chi connectivity index (χ4n) is 2.47. The number of aromatic nitrogens is 3. The maximum absolute atomic E-state index is 10.5. The molecule has 0 unspecified atom stereocenters. The molecule has 1 N–H and O–H groups in total. The van der Waals surface area contributed by atoms with E-state index in [1.165, 1.54) is 38.4 Å². The molecular weight excluding hydrogens is 218 g/mol. The molecule has 17 heavy (non-hydrogen) atoms. The summed E-state index contributed by atoms with van der Waals surface area (Å²) < 4.78 is 1.89. The first-order chi connectivity index (χ1) is 8.25. The summed E-state index contributed by atoms with van der Waals surface area (Å²) in [6.45, 7) is 0.898. The summed E-state index contributed by atoms with van der Waals surface area (Å²) >= 11 is 0. The van der Waals surface area contributed by atoms with Crippen molar-refractivity contribution in [3.63, 3.8) is 0 Å². The van der Waals surface area contributed by atoms with Crippen LogP contribution in [0.3, 0.4) is 0 Å². The maximum Gasteiger partial charge on any atom is 0.303 e. The molecule has 5 nitrogen and oxygen atoms in total. The smallest absolute Gasteiger partial charge is 0.303 e. The minimum atomic E-state index is -0.780. The summed E-state index contributed by atoms with van der Waals surface area (Å²) in [5, 5.41) is 12.9. The lowest BCUT2D eigenvalue weighted by atomic mass is 9.89. The van der Waals surface area contributed by atoms with E-state index in [1.807, 2.05) is 4.68 Å². The van der Waals surface area contributed by atoms with E-state index in [0.29, 0.717) is 12.3 Å². The lowest BCUT2D eigenvalue weighted by molar-refractivity contribution is -0.137. The first-order valence-electron chi connectivity index (χ1n) is 6.34. The van der Waals surface area contributed by atoms with E-state index in [1.54, 1.807) is 0 Å². The van der Waals surface area contributed by atoms with E-state index in [9.17, 15) is 4.79 Å². The van der Waals surface area contributed by atoms with Crippen LogP contribution in [0.1, 0.15) is 44.3 Å². The average molecular weight is 237 g/mol. The standard InChI is InChI=1S/C12H19N3O2/c16-12(17)7-6-11-13-9-14-15(11)8-10-4-2-1-3-5-10/h9-10H,1-8H2,(H,16,17). The Morgan fingerprint density at radius 2 is 2.18 bits per heavy atom. The lowest BCUT2D eigenvalue weighted by Gasteiger charge is -2.21. The number of hydrogen-bond donors (Lipinski definition) is 1. The molecular formula is C12H19N3O2. The largest absolute Gasteiger partial charge is 0.481 e. The van der Waals surface area contributed by atoms with E-state index in [4.69, 9.17) is 5.11 Å². The van der Waals surface area contributed by atoms with Crippen LogP contribution in [-0.4, -0.2) is 25.8 Å². The number of aryl methyl sites for hydroxylation is 1. The third-order valence-corrected chi connectivity index (χ3v) is 3.41. The van der Waals surface area contributed by atoms with Crippen LogP contribution in [0, 0.1) is 5.92 Å². The Kier molecular flexibility index (Phi) is 4.12. The molecule has 1 heterocycles. The van der Waals surface area contributed by atoms with Crippen molar-refractivity contribution < 1.29 is 9.90 Å². The zero-order chi connectivity index (χ0) is 12.1. The fourth-order valence-corrected chi connectivity index (χ4v) is 2.47. The Morgan fingerprint density at radius 3 is 2.88 bits per heavy atom. The predicted octanol–water partition coefficient (Wildman–Crippen LogP) is 1.88. The second-order valence-corrected chi connectivity index (χ2v) is 4.76. The van der Waals surface area contributed by atoms with Crippen molar-refractivity contribution >= 4 is 5.97 Å². The van der Waals surface area contributed by atoms with Gasteiger partial charge < -0.3 is 5.11 Å². The minimum Gasteiger partial charge on any atom is -0.481 e. The number of nitrogens with zero attached hydrogens (tertiary/aromatic N) is 3. The van der Waals surface area contributed by atoms with Crippen LogP contribution in [0.4, 0.5) is 0 Å².